The van der Waals surface area contributed by atoms with E-state index in [1.807, 2.05) is 37.4 Å². The highest BCUT2D eigenvalue weighted by atomic mass is 35.5. The van der Waals surface area contributed by atoms with Gasteiger partial charge in [-0.15, -0.1) is 11.6 Å². The van der Waals surface area contributed by atoms with Crippen LogP contribution in [0.15, 0.2) is 42.5 Å². The van der Waals surface area contributed by atoms with E-state index in [-0.39, 0.29) is 0 Å². The summed E-state index contributed by atoms with van der Waals surface area (Å²) >= 11 is 11.9. The maximum absolute atomic E-state index is 6.04. The number of hydrogen-bond acceptors (Lipinski definition) is 3. The largest absolute Gasteiger partial charge is 0.488 e. The van der Waals surface area contributed by atoms with Crippen LogP contribution in [0.2, 0.25) is 5.02 Å². The van der Waals surface area contributed by atoms with Crippen LogP contribution in [0.5, 0.6) is 17.2 Å². The predicted octanol–water partition coefficient (Wildman–Crippen LogP) is 4.51. The summed E-state index contributed by atoms with van der Waals surface area (Å²) in [5, 5.41) is 3.65. The number of likely N-dealkylation sites (N-methyl/N-ethyl adjacent to an activating group) is 1. The second kappa shape index (κ2) is 8.89. The summed E-state index contributed by atoms with van der Waals surface area (Å²) in [6.45, 7) is 1.28. The van der Waals surface area contributed by atoms with Crippen molar-refractivity contribution in [3.05, 3.63) is 53.1 Å². The van der Waals surface area contributed by atoms with Gasteiger partial charge in [-0.05, 0) is 37.2 Å². The quantitative estimate of drug-likeness (QED) is 0.566. The second-order valence-corrected chi connectivity index (χ2v) is 5.51. The summed E-state index contributed by atoms with van der Waals surface area (Å²) < 4.78 is 11.7. The average molecular weight is 340 g/mol. The Morgan fingerprint density at radius 1 is 1.05 bits per heavy atom. The molecule has 2 aromatic rings. The molecule has 0 heterocycles. The van der Waals surface area contributed by atoms with Gasteiger partial charge in [0.15, 0.2) is 11.5 Å². The van der Waals surface area contributed by atoms with E-state index in [2.05, 4.69) is 5.32 Å². The van der Waals surface area contributed by atoms with E-state index < -0.39 is 0 Å². The summed E-state index contributed by atoms with van der Waals surface area (Å²) in [5.74, 6) is 2.60. The van der Waals surface area contributed by atoms with Crippen molar-refractivity contribution in [3.8, 4) is 17.2 Å². The van der Waals surface area contributed by atoms with Gasteiger partial charge in [-0.2, -0.15) is 0 Å². The monoisotopic (exact) mass is 339 g/mol. The van der Waals surface area contributed by atoms with Crippen molar-refractivity contribution < 1.29 is 9.47 Å². The SMILES string of the molecule is CNCCOc1cc(Cl)ccc1Oc1ccccc1CCCl. The van der Waals surface area contributed by atoms with Crippen LogP contribution >= 0.6 is 23.2 Å². The third-order valence-corrected chi connectivity index (χ3v) is 3.50. The molecule has 0 spiro atoms. The van der Waals surface area contributed by atoms with Gasteiger partial charge in [-0.1, -0.05) is 29.8 Å². The van der Waals surface area contributed by atoms with E-state index in [0.717, 1.165) is 24.3 Å². The van der Waals surface area contributed by atoms with E-state index in [4.69, 9.17) is 32.7 Å². The lowest BCUT2D eigenvalue weighted by Gasteiger charge is -2.15. The zero-order valence-electron chi connectivity index (χ0n) is 12.4. The molecular formula is C17H19Cl2NO2. The van der Waals surface area contributed by atoms with E-state index in [0.29, 0.717) is 29.0 Å². The maximum atomic E-state index is 6.04. The van der Waals surface area contributed by atoms with Crippen LogP contribution in [-0.4, -0.2) is 26.1 Å². The zero-order valence-corrected chi connectivity index (χ0v) is 14.0. The molecular weight excluding hydrogens is 321 g/mol. The molecule has 0 amide bonds. The van der Waals surface area contributed by atoms with Gasteiger partial charge in [0.05, 0.1) is 0 Å². The van der Waals surface area contributed by atoms with Crippen LogP contribution in [0.4, 0.5) is 0 Å². The molecule has 0 aromatic heterocycles. The van der Waals surface area contributed by atoms with Gasteiger partial charge in [0.1, 0.15) is 12.4 Å². The number of hydrogen-bond donors (Lipinski definition) is 1. The van der Waals surface area contributed by atoms with E-state index in [1.165, 1.54) is 0 Å². The van der Waals surface area contributed by atoms with Gasteiger partial charge in [-0.25, -0.2) is 0 Å². The third-order valence-electron chi connectivity index (χ3n) is 3.07. The molecule has 0 aliphatic rings. The molecule has 0 saturated carbocycles. The molecule has 118 valence electrons. The fourth-order valence-electron chi connectivity index (χ4n) is 1.97. The molecule has 0 unspecified atom stereocenters. The first kappa shape index (κ1) is 16.9. The van der Waals surface area contributed by atoms with Crippen LogP contribution in [0.3, 0.4) is 0 Å². The Balaban J connectivity index is 2.21. The average Bonchev–Trinajstić information content (AvgIpc) is 2.52. The van der Waals surface area contributed by atoms with Crippen molar-refractivity contribution in [2.45, 2.75) is 6.42 Å². The van der Waals surface area contributed by atoms with Crippen LogP contribution < -0.4 is 14.8 Å². The standard InChI is InChI=1S/C17H19Cl2NO2/c1-20-10-11-21-17-12-14(19)6-7-16(17)22-15-5-3-2-4-13(15)8-9-18/h2-7,12,20H,8-11H2,1H3. The minimum absolute atomic E-state index is 0.538. The van der Waals surface area contributed by atoms with Gasteiger partial charge in [0.2, 0.25) is 0 Å². The van der Waals surface area contributed by atoms with Crippen LogP contribution in [-0.2, 0) is 6.42 Å². The normalized spacial score (nSPS) is 10.5. The fraction of sp³-hybridized carbons (Fsp3) is 0.294. The molecule has 0 atom stereocenters. The van der Waals surface area contributed by atoms with Crippen molar-refractivity contribution in [2.24, 2.45) is 0 Å². The molecule has 0 aliphatic heterocycles. The summed E-state index contributed by atoms with van der Waals surface area (Å²) in [4.78, 5) is 0. The highest BCUT2D eigenvalue weighted by Gasteiger charge is 2.10. The first-order valence-electron chi connectivity index (χ1n) is 7.13. The molecule has 0 fully saturated rings. The summed E-state index contributed by atoms with van der Waals surface area (Å²) in [6.07, 6.45) is 0.751. The van der Waals surface area contributed by atoms with Crippen molar-refractivity contribution in [1.29, 1.82) is 0 Å². The maximum Gasteiger partial charge on any atom is 0.169 e. The molecule has 1 N–H and O–H groups in total. The lowest BCUT2D eigenvalue weighted by atomic mass is 10.1. The highest BCUT2D eigenvalue weighted by Crippen LogP contribution is 2.35. The minimum atomic E-state index is 0.538. The van der Waals surface area contributed by atoms with E-state index in [1.54, 1.807) is 12.1 Å². The van der Waals surface area contributed by atoms with E-state index >= 15 is 0 Å². The predicted molar refractivity (Wildman–Crippen MR) is 91.8 cm³/mol. The van der Waals surface area contributed by atoms with Gasteiger partial charge in [0, 0.05) is 23.5 Å². The van der Waals surface area contributed by atoms with Crippen molar-refractivity contribution in [1.82, 2.24) is 5.32 Å². The first-order chi connectivity index (χ1) is 10.7. The number of nitrogens with one attached hydrogen (secondary N) is 1. The Morgan fingerprint density at radius 3 is 2.64 bits per heavy atom. The van der Waals surface area contributed by atoms with Crippen molar-refractivity contribution >= 4 is 23.2 Å². The highest BCUT2D eigenvalue weighted by molar-refractivity contribution is 6.30. The van der Waals surface area contributed by atoms with Crippen LogP contribution in [0.1, 0.15) is 5.56 Å². The minimum Gasteiger partial charge on any atom is -0.488 e. The molecule has 0 bridgehead atoms. The Kier molecular flexibility index (Phi) is 6.84. The Hall–Kier alpha value is -1.42. The second-order valence-electron chi connectivity index (χ2n) is 4.69. The Bertz CT molecular complexity index is 605. The lowest BCUT2D eigenvalue weighted by molar-refractivity contribution is 0.303. The smallest absolute Gasteiger partial charge is 0.169 e. The molecule has 3 nitrogen and oxygen atoms in total. The van der Waals surface area contributed by atoms with Crippen LogP contribution in [0, 0.1) is 0 Å². The number of para-hydroxylation sites is 1. The molecule has 0 aliphatic carbocycles. The number of benzene rings is 2. The summed E-state index contributed by atoms with van der Waals surface area (Å²) in [5.41, 5.74) is 1.06. The van der Waals surface area contributed by atoms with Gasteiger partial charge < -0.3 is 14.8 Å². The lowest BCUT2D eigenvalue weighted by Crippen LogP contribution is -2.16. The molecule has 5 heteroatoms. The van der Waals surface area contributed by atoms with Crippen molar-refractivity contribution in [2.75, 3.05) is 26.1 Å². The molecule has 22 heavy (non-hydrogen) atoms. The molecule has 0 radical (unpaired) electrons. The number of ether oxygens (including phenoxy) is 2. The number of halogens is 2. The zero-order chi connectivity index (χ0) is 15.8. The van der Waals surface area contributed by atoms with Gasteiger partial charge >= 0.3 is 0 Å². The molecule has 0 saturated heterocycles. The topological polar surface area (TPSA) is 30.5 Å². The van der Waals surface area contributed by atoms with E-state index in [9.17, 15) is 0 Å². The first-order valence-corrected chi connectivity index (χ1v) is 8.04. The van der Waals surface area contributed by atoms with Crippen LogP contribution in [0.25, 0.3) is 0 Å². The molecule has 2 aromatic carbocycles. The summed E-state index contributed by atoms with van der Waals surface area (Å²) in [7, 11) is 1.88. The summed E-state index contributed by atoms with van der Waals surface area (Å²) in [6, 6.07) is 13.2. The number of alkyl halides is 1. The van der Waals surface area contributed by atoms with Gasteiger partial charge in [0.25, 0.3) is 0 Å². The molecule has 2 rings (SSSR count). The number of rotatable bonds is 8. The van der Waals surface area contributed by atoms with Crippen molar-refractivity contribution in [3.63, 3.8) is 0 Å². The number of aryl methyl sites for hydroxylation is 1. The Labute approximate surface area is 141 Å². The third kappa shape index (κ3) is 4.80. The fourth-order valence-corrected chi connectivity index (χ4v) is 2.34. The Morgan fingerprint density at radius 2 is 1.86 bits per heavy atom. The van der Waals surface area contributed by atoms with Gasteiger partial charge in [-0.3, -0.25) is 0 Å².